The van der Waals surface area contributed by atoms with Gasteiger partial charge in [0.15, 0.2) is 0 Å². The van der Waals surface area contributed by atoms with E-state index in [4.69, 9.17) is 9.88 Å². The van der Waals surface area contributed by atoms with Crippen LogP contribution in [0.25, 0.3) is 0 Å². The van der Waals surface area contributed by atoms with Crippen molar-refractivity contribution in [2.75, 3.05) is 12.4 Å². The van der Waals surface area contributed by atoms with E-state index in [2.05, 4.69) is 5.32 Å². The molecule has 122 valence electrons. The summed E-state index contributed by atoms with van der Waals surface area (Å²) in [6, 6.07) is 9.63. The second kappa shape index (κ2) is 6.76. The van der Waals surface area contributed by atoms with Crippen LogP contribution in [0.5, 0.6) is 5.75 Å². The summed E-state index contributed by atoms with van der Waals surface area (Å²) in [5.74, 6) is -0.673. The second-order valence-electron chi connectivity index (χ2n) is 4.76. The number of carbonyl (C=O) groups excluding carboxylic acids is 1. The molecule has 0 atom stereocenters. The number of benzene rings is 2. The van der Waals surface area contributed by atoms with Crippen molar-refractivity contribution in [3.63, 3.8) is 0 Å². The maximum Gasteiger partial charge on any atom is 0.241 e. The van der Waals surface area contributed by atoms with E-state index >= 15 is 0 Å². The lowest BCUT2D eigenvalue weighted by Gasteiger charge is -2.10. The summed E-state index contributed by atoms with van der Waals surface area (Å²) < 4.78 is 40.8. The van der Waals surface area contributed by atoms with Crippen molar-refractivity contribution in [3.05, 3.63) is 53.8 Å². The number of hydrogen-bond donors (Lipinski definition) is 2. The lowest BCUT2D eigenvalue weighted by molar-refractivity contribution is -0.115. The van der Waals surface area contributed by atoms with Crippen LogP contribution in [-0.2, 0) is 21.2 Å². The Bertz CT molecular complexity index is 820. The average molecular weight is 338 g/mol. The Balaban J connectivity index is 2.16. The van der Waals surface area contributed by atoms with Crippen LogP contribution in [0, 0.1) is 5.82 Å². The van der Waals surface area contributed by atoms with Crippen molar-refractivity contribution in [3.8, 4) is 5.75 Å². The first-order valence-corrected chi connectivity index (χ1v) is 8.09. The van der Waals surface area contributed by atoms with Crippen LogP contribution < -0.4 is 15.2 Å². The number of hydrogen-bond acceptors (Lipinski definition) is 4. The minimum atomic E-state index is -3.99. The second-order valence-corrected chi connectivity index (χ2v) is 6.29. The molecule has 0 aliphatic rings. The van der Waals surface area contributed by atoms with Crippen LogP contribution in [0.15, 0.2) is 47.4 Å². The largest absolute Gasteiger partial charge is 0.495 e. The van der Waals surface area contributed by atoms with Crippen LogP contribution in [0.1, 0.15) is 5.56 Å². The fraction of sp³-hybridized carbons (Fsp3) is 0.133. The molecule has 0 saturated carbocycles. The number of ether oxygens (including phenoxy) is 1. The first kappa shape index (κ1) is 16.9. The molecule has 0 aliphatic heterocycles. The number of anilines is 1. The van der Waals surface area contributed by atoms with Crippen molar-refractivity contribution >= 4 is 21.6 Å². The van der Waals surface area contributed by atoms with E-state index in [9.17, 15) is 17.6 Å². The number of methoxy groups -OCH3 is 1. The predicted molar refractivity (Wildman–Crippen MR) is 83.1 cm³/mol. The third-order valence-electron chi connectivity index (χ3n) is 3.03. The van der Waals surface area contributed by atoms with Crippen LogP contribution in [0.2, 0.25) is 0 Å². The number of primary sulfonamides is 1. The van der Waals surface area contributed by atoms with E-state index < -0.39 is 10.0 Å². The number of amides is 1. The van der Waals surface area contributed by atoms with Gasteiger partial charge in [-0.25, -0.2) is 17.9 Å². The van der Waals surface area contributed by atoms with Crippen LogP contribution in [0.4, 0.5) is 10.1 Å². The van der Waals surface area contributed by atoms with Crippen LogP contribution in [0.3, 0.4) is 0 Å². The molecule has 0 heterocycles. The van der Waals surface area contributed by atoms with Crippen molar-refractivity contribution in [1.82, 2.24) is 0 Å². The van der Waals surface area contributed by atoms with Gasteiger partial charge in [-0.2, -0.15) is 0 Å². The van der Waals surface area contributed by atoms with Gasteiger partial charge in [-0.05, 0) is 35.9 Å². The Morgan fingerprint density at radius 2 is 1.87 bits per heavy atom. The molecule has 2 rings (SSSR count). The number of carbonyl (C=O) groups is 1. The third kappa shape index (κ3) is 4.51. The molecular formula is C15H15FN2O4S. The van der Waals surface area contributed by atoms with E-state index in [-0.39, 0.29) is 34.5 Å². The number of nitrogens with one attached hydrogen (secondary N) is 1. The summed E-state index contributed by atoms with van der Waals surface area (Å²) in [5, 5.41) is 7.68. The first-order chi connectivity index (χ1) is 10.8. The zero-order valence-corrected chi connectivity index (χ0v) is 13.1. The van der Waals surface area contributed by atoms with Gasteiger partial charge >= 0.3 is 0 Å². The third-order valence-corrected chi connectivity index (χ3v) is 3.96. The summed E-state index contributed by atoms with van der Waals surface area (Å²) in [7, 11) is -2.67. The Morgan fingerprint density at radius 3 is 2.43 bits per heavy atom. The van der Waals surface area contributed by atoms with Gasteiger partial charge in [-0.1, -0.05) is 12.1 Å². The maximum absolute atomic E-state index is 12.8. The number of sulfonamides is 1. The summed E-state index contributed by atoms with van der Waals surface area (Å²) >= 11 is 0. The van der Waals surface area contributed by atoms with Crippen molar-refractivity contribution < 1.29 is 22.3 Å². The molecule has 8 heteroatoms. The first-order valence-electron chi connectivity index (χ1n) is 6.55. The zero-order valence-electron chi connectivity index (χ0n) is 12.2. The van der Waals surface area contributed by atoms with E-state index in [0.717, 1.165) is 0 Å². The quantitative estimate of drug-likeness (QED) is 0.866. The molecule has 2 aromatic rings. The molecule has 0 spiro atoms. The Hall–Kier alpha value is -2.45. The summed E-state index contributed by atoms with van der Waals surface area (Å²) in [6.07, 6.45) is 0.0248. The van der Waals surface area contributed by atoms with Crippen molar-refractivity contribution in [2.45, 2.75) is 11.3 Å². The van der Waals surface area contributed by atoms with Gasteiger partial charge in [0.2, 0.25) is 15.9 Å². The summed E-state index contributed by atoms with van der Waals surface area (Å²) in [5.41, 5.74) is 0.894. The van der Waals surface area contributed by atoms with Crippen LogP contribution >= 0.6 is 0 Å². The topological polar surface area (TPSA) is 98.5 Å². The molecule has 1 amide bonds. The van der Waals surface area contributed by atoms with Gasteiger partial charge < -0.3 is 10.1 Å². The highest BCUT2D eigenvalue weighted by Crippen LogP contribution is 2.26. The molecule has 6 nitrogen and oxygen atoms in total. The van der Waals surface area contributed by atoms with Crippen LogP contribution in [-0.4, -0.2) is 21.4 Å². The van der Waals surface area contributed by atoms with Gasteiger partial charge in [0, 0.05) is 5.69 Å². The minimum Gasteiger partial charge on any atom is -0.495 e. The molecule has 0 bridgehead atoms. The molecule has 0 radical (unpaired) electrons. The van der Waals surface area contributed by atoms with Gasteiger partial charge in [-0.15, -0.1) is 0 Å². The van der Waals surface area contributed by atoms with E-state index in [1.165, 1.54) is 49.6 Å². The highest BCUT2D eigenvalue weighted by molar-refractivity contribution is 7.89. The van der Waals surface area contributed by atoms with E-state index in [0.29, 0.717) is 5.56 Å². The normalized spacial score (nSPS) is 11.1. The molecule has 0 aliphatic carbocycles. The Labute approximate surface area is 133 Å². The standard InChI is InChI=1S/C15H15FN2O4S/c1-22-13-7-6-12(9-14(13)23(17,20)21)18-15(19)8-10-2-4-11(16)5-3-10/h2-7,9H,8H2,1H3,(H,18,19)(H2,17,20,21). The lowest BCUT2D eigenvalue weighted by atomic mass is 10.1. The van der Waals surface area contributed by atoms with E-state index in [1.54, 1.807) is 0 Å². The van der Waals surface area contributed by atoms with Gasteiger partial charge in [0.05, 0.1) is 13.5 Å². The SMILES string of the molecule is COc1ccc(NC(=O)Cc2ccc(F)cc2)cc1S(N)(=O)=O. The number of rotatable bonds is 5. The van der Waals surface area contributed by atoms with E-state index in [1.807, 2.05) is 0 Å². The smallest absolute Gasteiger partial charge is 0.241 e. The number of halogens is 1. The van der Waals surface area contributed by atoms with Gasteiger partial charge in [0.25, 0.3) is 0 Å². The lowest BCUT2D eigenvalue weighted by Crippen LogP contribution is -2.17. The van der Waals surface area contributed by atoms with Gasteiger partial charge in [-0.3, -0.25) is 4.79 Å². The fourth-order valence-electron chi connectivity index (χ4n) is 1.97. The molecular weight excluding hydrogens is 323 g/mol. The Morgan fingerprint density at radius 1 is 1.22 bits per heavy atom. The molecule has 0 aromatic heterocycles. The fourth-order valence-corrected chi connectivity index (χ4v) is 2.69. The maximum atomic E-state index is 12.8. The Kier molecular flexibility index (Phi) is 4.97. The summed E-state index contributed by atoms with van der Waals surface area (Å²) in [4.78, 5) is 11.7. The predicted octanol–water partition coefficient (Wildman–Crippen LogP) is 1.66. The van der Waals surface area contributed by atoms with Crippen molar-refractivity contribution in [1.29, 1.82) is 0 Å². The molecule has 0 saturated heterocycles. The summed E-state index contributed by atoms with van der Waals surface area (Å²) in [6.45, 7) is 0. The minimum absolute atomic E-state index is 0.0248. The van der Waals surface area contributed by atoms with Crippen molar-refractivity contribution in [2.24, 2.45) is 5.14 Å². The monoisotopic (exact) mass is 338 g/mol. The average Bonchev–Trinajstić information content (AvgIpc) is 2.48. The molecule has 0 fully saturated rings. The molecule has 0 unspecified atom stereocenters. The van der Waals surface area contributed by atoms with Gasteiger partial charge in [0.1, 0.15) is 16.5 Å². The molecule has 2 aromatic carbocycles. The molecule has 23 heavy (non-hydrogen) atoms. The highest BCUT2D eigenvalue weighted by atomic mass is 32.2. The highest BCUT2D eigenvalue weighted by Gasteiger charge is 2.16. The number of nitrogens with two attached hydrogens (primary N) is 1. The molecule has 3 N–H and O–H groups in total. The zero-order chi connectivity index (χ0) is 17.0.